The Morgan fingerprint density at radius 2 is 2.04 bits per heavy atom. The number of carbonyl (C=O) groups is 1. The van der Waals surface area contributed by atoms with Crippen LogP contribution in [0.1, 0.15) is 49.6 Å². The predicted octanol–water partition coefficient (Wildman–Crippen LogP) is 2.29. The second-order valence-corrected chi connectivity index (χ2v) is 6.68. The summed E-state index contributed by atoms with van der Waals surface area (Å²) in [5.41, 5.74) is 3.51. The number of hydrogen-bond donors (Lipinski definition) is 2. The van der Waals surface area contributed by atoms with Gasteiger partial charge in [0.05, 0.1) is 5.69 Å². The van der Waals surface area contributed by atoms with Crippen LogP contribution in [0.5, 0.6) is 0 Å². The Morgan fingerprint density at radius 1 is 1.39 bits per heavy atom. The van der Waals surface area contributed by atoms with E-state index in [4.69, 9.17) is 0 Å². The van der Waals surface area contributed by atoms with Gasteiger partial charge in [-0.05, 0) is 71.0 Å². The average Bonchev–Trinajstić information content (AvgIpc) is 2.73. The fraction of sp³-hybridized carbons (Fsp3) is 0.765. The van der Waals surface area contributed by atoms with Gasteiger partial charge in [-0.15, -0.1) is 12.4 Å². The number of hydrogen-bond acceptors (Lipinski definition) is 3. The quantitative estimate of drug-likeness (QED) is 0.834. The molecular formula is C17H31ClN4O. The summed E-state index contributed by atoms with van der Waals surface area (Å²) in [6, 6.07) is 0.155. The van der Waals surface area contributed by atoms with E-state index in [9.17, 15) is 4.79 Å². The summed E-state index contributed by atoms with van der Waals surface area (Å²) in [6.45, 7) is 8.40. The first kappa shape index (κ1) is 20.0. The van der Waals surface area contributed by atoms with Crippen LogP contribution in [0.2, 0.25) is 0 Å². The summed E-state index contributed by atoms with van der Waals surface area (Å²) >= 11 is 0. The molecule has 1 amide bonds. The fourth-order valence-corrected chi connectivity index (χ4v) is 3.32. The second kappa shape index (κ2) is 9.28. The predicted molar refractivity (Wildman–Crippen MR) is 96.1 cm³/mol. The maximum Gasteiger partial charge on any atom is 0.220 e. The molecule has 0 aromatic carbocycles. The number of aromatic nitrogens is 2. The Labute approximate surface area is 146 Å². The molecule has 2 N–H and O–H groups in total. The van der Waals surface area contributed by atoms with E-state index in [0.29, 0.717) is 12.3 Å². The SMILES string of the molecule is Cc1nn(C)c(C)c1CC(C)NC(=O)CCC1CCNCC1.Cl. The van der Waals surface area contributed by atoms with Crippen LogP contribution in [0, 0.1) is 19.8 Å². The van der Waals surface area contributed by atoms with Crippen LogP contribution in [0.15, 0.2) is 0 Å². The number of amides is 1. The molecule has 1 fully saturated rings. The molecule has 0 aliphatic carbocycles. The number of nitrogens with zero attached hydrogens (tertiary/aromatic N) is 2. The lowest BCUT2D eigenvalue weighted by molar-refractivity contribution is -0.122. The van der Waals surface area contributed by atoms with Crippen LogP contribution < -0.4 is 10.6 Å². The third-order valence-corrected chi connectivity index (χ3v) is 4.81. The van der Waals surface area contributed by atoms with Gasteiger partial charge in [0.1, 0.15) is 0 Å². The first-order valence-electron chi connectivity index (χ1n) is 8.46. The van der Waals surface area contributed by atoms with Gasteiger partial charge in [-0.1, -0.05) is 0 Å². The molecule has 1 aromatic rings. The topological polar surface area (TPSA) is 59.0 Å². The highest BCUT2D eigenvalue weighted by molar-refractivity contribution is 5.85. The second-order valence-electron chi connectivity index (χ2n) is 6.68. The third kappa shape index (κ3) is 5.81. The van der Waals surface area contributed by atoms with Crippen LogP contribution in [0.25, 0.3) is 0 Å². The van der Waals surface area contributed by atoms with E-state index in [1.807, 2.05) is 18.7 Å². The lowest BCUT2D eigenvalue weighted by Crippen LogP contribution is -2.35. The third-order valence-electron chi connectivity index (χ3n) is 4.81. The van der Waals surface area contributed by atoms with E-state index in [0.717, 1.165) is 31.6 Å². The summed E-state index contributed by atoms with van der Waals surface area (Å²) in [5, 5.41) is 10.9. The van der Waals surface area contributed by atoms with Gasteiger partial charge in [0.25, 0.3) is 0 Å². The molecule has 0 bridgehead atoms. The van der Waals surface area contributed by atoms with Crippen molar-refractivity contribution >= 4 is 18.3 Å². The summed E-state index contributed by atoms with van der Waals surface area (Å²) in [4.78, 5) is 12.1. The molecule has 1 aromatic heterocycles. The Balaban J connectivity index is 0.00000264. The molecule has 1 unspecified atom stereocenters. The van der Waals surface area contributed by atoms with Crippen molar-refractivity contribution in [2.45, 2.75) is 58.9 Å². The molecule has 6 heteroatoms. The molecule has 132 valence electrons. The summed E-state index contributed by atoms with van der Waals surface area (Å²) < 4.78 is 1.91. The van der Waals surface area contributed by atoms with Gasteiger partial charge in [-0.2, -0.15) is 5.10 Å². The van der Waals surface area contributed by atoms with Gasteiger partial charge in [-0.25, -0.2) is 0 Å². The van der Waals surface area contributed by atoms with Crippen LogP contribution in [0.4, 0.5) is 0 Å². The first-order chi connectivity index (χ1) is 10.5. The minimum atomic E-state index is 0. The van der Waals surface area contributed by atoms with Crippen molar-refractivity contribution in [2.75, 3.05) is 13.1 Å². The highest BCUT2D eigenvalue weighted by Gasteiger charge is 2.17. The largest absolute Gasteiger partial charge is 0.353 e. The smallest absolute Gasteiger partial charge is 0.220 e. The number of aryl methyl sites for hydroxylation is 2. The van der Waals surface area contributed by atoms with Crippen LogP contribution in [0.3, 0.4) is 0 Å². The molecule has 2 heterocycles. The number of rotatable bonds is 6. The van der Waals surface area contributed by atoms with Crippen LogP contribution in [-0.2, 0) is 18.3 Å². The van der Waals surface area contributed by atoms with E-state index >= 15 is 0 Å². The Morgan fingerprint density at radius 3 is 2.61 bits per heavy atom. The van der Waals surface area contributed by atoms with Crippen molar-refractivity contribution in [2.24, 2.45) is 13.0 Å². The summed E-state index contributed by atoms with van der Waals surface area (Å²) in [7, 11) is 1.97. The van der Waals surface area contributed by atoms with E-state index in [2.05, 4.69) is 29.6 Å². The van der Waals surface area contributed by atoms with Gasteiger partial charge >= 0.3 is 0 Å². The zero-order valence-electron chi connectivity index (χ0n) is 14.8. The lowest BCUT2D eigenvalue weighted by atomic mass is 9.93. The number of halogens is 1. The van der Waals surface area contributed by atoms with E-state index in [1.54, 1.807) is 0 Å². The lowest BCUT2D eigenvalue weighted by Gasteiger charge is -2.22. The normalized spacial score (nSPS) is 16.7. The molecule has 0 saturated carbocycles. The number of piperidine rings is 1. The zero-order chi connectivity index (χ0) is 16.1. The molecule has 1 atom stereocenters. The highest BCUT2D eigenvalue weighted by Crippen LogP contribution is 2.18. The molecule has 1 saturated heterocycles. The standard InChI is InChI=1S/C17H30N4O.ClH/c1-12(11-16-13(2)20-21(4)14(16)3)19-17(22)6-5-15-7-9-18-10-8-15;/h12,15,18H,5-11H2,1-4H3,(H,19,22);1H. The van der Waals surface area contributed by atoms with Crippen molar-refractivity contribution in [1.82, 2.24) is 20.4 Å². The molecule has 1 aliphatic rings. The van der Waals surface area contributed by atoms with Crippen molar-refractivity contribution in [1.29, 1.82) is 0 Å². The molecule has 0 radical (unpaired) electrons. The number of nitrogens with one attached hydrogen (secondary N) is 2. The van der Waals surface area contributed by atoms with Crippen LogP contribution >= 0.6 is 12.4 Å². The highest BCUT2D eigenvalue weighted by atomic mass is 35.5. The van der Waals surface area contributed by atoms with Crippen LogP contribution in [-0.4, -0.2) is 34.8 Å². The van der Waals surface area contributed by atoms with Gasteiger partial charge < -0.3 is 10.6 Å². The zero-order valence-corrected chi connectivity index (χ0v) is 15.6. The molecule has 5 nitrogen and oxygen atoms in total. The number of carbonyl (C=O) groups excluding carboxylic acids is 1. The van der Waals surface area contributed by atoms with Crippen molar-refractivity contribution in [3.05, 3.63) is 17.0 Å². The van der Waals surface area contributed by atoms with Gasteiger partial charge in [0, 0.05) is 25.2 Å². The van der Waals surface area contributed by atoms with Gasteiger partial charge in [0.15, 0.2) is 0 Å². The first-order valence-corrected chi connectivity index (χ1v) is 8.46. The van der Waals surface area contributed by atoms with E-state index < -0.39 is 0 Å². The maximum absolute atomic E-state index is 12.1. The van der Waals surface area contributed by atoms with Gasteiger partial charge in [-0.3, -0.25) is 9.48 Å². The van der Waals surface area contributed by atoms with Crippen molar-refractivity contribution in [3.63, 3.8) is 0 Å². The molecule has 1 aliphatic heterocycles. The summed E-state index contributed by atoms with van der Waals surface area (Å²) in [6.07, 6.45) is 4.93. The minimum absolute atomic E-state index is 0. The molecule has 23 heavy (non-hydrogen) atoms. The van der Waals surface area contributed by atoms with Crippen molar-refractivity contribution in [3.8, 4) is 0 Å². The summed E-state index contributed by atoms with van der Waals surface area (Å²) in [5.74, 6) is 0.898. The van der Waals surface area contributed by atoms with Gasteiger partial charge in [0.2, 0.25) is 5.91 Å². The molecule has 0 spiro atoms. The minimum Gasteiger partial charge on any atom is -0.353 e. The van der Waals surface area contributed by atoms with Crippen molar-refractivity contribution < 1.29 is 4.79 Å². The Kier molecular flexibility index (Phi) is 8.06. The Bertz CT molecular complexity index is 509. The van der Waals surface area contributed by atoms with E-state index in [-0.39, 0.29) is 24.4 Å². The average molecular weight is 343 g/mol. The molecule has 2 rings (SSSR count). The Hall–Kier alpha value is -1.07. The monoisotopic (exact) mass is 342 g/mol. The fourth-order valence-electron chi connectivity index (χ4n) is 3.32. The maximum atomic E-state index is 12.1. The van der Waals surface area contributed by atoms with E-state index in [1.165, 1.54) is 24.1 Å². The molecular weight excluding hydrogens is 312 g/mol.